The highest BCUT2D eigenvalue weighted by Crippen LogP contribution is 2.49. The molecule has 1 saturated heterocycles. The molecule has 254 valence electrons. The highest BCUT2D eigenvalue weighted by Gasteiger charge is 2.61. The predicted octanol–water partition coefficient (Wildman–Crippen LogP) is 4.42. The van der Waals surface area contributed by atoms with Crippen LogP contribution in [-0.4, -0.2) is 73.8 Å². The normalized spacial score (nSPS) is 29.6. The molecule has 4 aliphatic rings. The van der Waals surface area contributed by atoms with Crippen molar-refractivity contribution in [3.05, 3.63) is 35.9 Å². The van der Waals surface area contributed by atoms with E-state index in [1.54, 1.807) is 25.1 Å². The van der Waals surface area contributed by atoms with Gasteiger partial charge < -0.3 is 30.5 Å². The molecule has 12 heteroatoms. The highest BCUT2D eigenvalue weighted by molar-refractivity contribution is 7.99. The number of allylic oxidation sites excluding steroid dienone is 1. The number of hydrogen-bond acceptors (Lipinski definition) is 9. The fourth-order valence-electron chi connectivity index (χ4n) is 6.54. The molecule has 2 aromatic rings. The number of fused-ring (bicyclic) bond motifs is 3. The van der Waals surface area contributed by atoms with Crippen molar-refractivity contribution in [1.29, 1.82) is 0 Å². The van der Waals surface area contributed by atoms with Crippen LogP contribution in [0.3, 0.4) is 0 Å². The average molecular weight is 666 g/mol. The van der Waals surface area contributed by atoms with Gasteiger partial charge in [-0.25, -0.2) is 4.98 Å². The number of aryl methyl sites for hydroxylation is 1. The number of amides is 3. The number of aromatic hydroxyl groups is 1. The molecule has 0 spiro atoms. The molecule has 3 fully saturated rings. The summed E-state index contributed by atoms with van der Waals surface area (Å²) in [5.74, 6) is -0.0717. The maximum absolute atomic E-state index is 14.1. The Morgan fingerprint density at radius 1 is 1.23 bits per heavy atom. The summed E-state index contributed by atoms with van der Waals surface area (Å²) in [4.78, 5) is 47.8. The van der Waals surface area contributed by atoms with Crippen molar-refractivity contribution in [3.8, 4) is 17.4 Å². The molecule has 1 aromatic heterocycles. The molecule has 0 radical (unpaired) electrons. The lowest BCUT2D eigenvalue weighted by molar-refractivity contribution is -0.140. The van der Waals surface area contributed by atoms with E-state index in [0.29, 0.717) is 40.9 Å². The largest absolute Gasteiger partial charge is 0.508 e. The minimum absolute atomic E-state index is 0.0419. The minimum Gasteiger partial charge on any atom is -0.508 e. The van der Waals surface area contributed by atoms with Gasteiger partial charge in [-0.2, -0.15) is 0 Å². The van der Waals surface area contributed by atoms with Gasteiger partial charge in [-0.15, -0.1) is 0 Å². The van der Waals surface area contributed by atoms with E-state index in [9.17, 15) is 19.5 Å². The number of benzene rings is 1. The van der Waals surface area contributed by atoms with Crippen molar-refractivity contribution in [2.24, 2.45) is 11.7 Å². The van der Waals surface area contributed by atoms with Gasteiger partial charge in [0.1, 0.15) is 29.2 Å². The summed E-state index contributed by atoms with van der Waals surface area (Å²) in [6, 6.07) is 3.43. The molecule has 2 saturated carbocycles. The van der Waals surface area contributed by atoms with Crippen LogP contribution in [0.1, 0.15) is 84.1 Å². The van der Waals surface area contributed by atoms with E-state index in [1.807, 2.05) is 13.8 Å². The Morgan fingerprint density at radius 3 is 2.77 bits per heavy atom. The van der Waals surface area contributed by atoms with Gasteiger partial charge in [0.15, 0.2) is 0 Å². The number of nitrogens with zero attached hydrogens (tertiary/aromatic N) is 2. The summed E-state index contributed by atoms with van der Waals surface area (Å²) in [6.45, 7) is 7.85. The minimum atomic E-state index is -1.06. The third kappa shape index (κ3) is 7.18. The zero-order valence-electron chi connectivity index (χ0n) is 27.7. The third-order valence-corrected chi connectivity index (χ3v) is 11.0. The molecule has 3 amide bonds. The zero-order valence-corrected chi connectivity index (χ0v) is 28.5. The van der Waals surface area contributed by atoms with Crippen LogP contribution in [-0.2, 0) is 14.4 Å². The SMILES string of the molecule is Cc1c(O)ccc2c(O[C@@H]3C[C@H]4C(=O)N[C@]5(C(=O)NSC6(C)CC6)CC5/C=C\CCCCC[C@H](N)C(=O)N4C3)cc(OC(C)C)nc12. The van der Waals surface area contributed by atoms with E-state index >= 15 is 0 Å². The smallest absolute Gasteiger partial charge is 0.256 e. The molecule has 2 aliphatic carbocycles. The van der Waals surface area contributed by atoms with Crippen LogP contribution < -0.4 is 25.2 Å². The van der Waals surface area contributed by atoms with E-state index in [1.165, 1.54) is 16.8 Å². The first kappa shape index (κ1) is 33.4. The molecule has 1 aromatic carbocycles. The first-order valence-electron chi connectivity index (χ1n) is 16.9. The van der Waals surface area contributed by atoms with Crippen LogP contribution in [0.15, 0.2) is 30.4 Å². The van der Waals surface area contributed by atoms with Crippen molar-refractivity contribution in [2.45, 2.75) is 120 Å². The van der Waals surface area contributed by atoms with Gasteiger partial charge >= 0.3 is 0 Å². The third-order valence-electron chi connectivity index (χ3n) is 9.82. The monoisotopic (exact) mass is 665 g/mol. The van der Waals surface area contributed by atoms with Crippen LogP contribution in [0, 0.1) is 12.8 Å². The molecule has 3 heterocycles. The van der Waals surface area contributed by atoms with Gasteiger partial charge in [0.2, 0.25) is 17.7 Å². The summed E-state index contributed by atoms with van der Waals surface area (Å²) in [7, 11) is 0. The Morgan fingerprint density at radius 2 is 2.02 bits per heavy atom. The number of rotatable bonds is 7. The van der Waals surface area contributed by atoms with Crippen molar-refractivity contribution in [1.82, 2.24) is 19.9 Å². The Balaban J connectivity index is 1.28. The lowest BCUT2D eigenvalue weighted by Gasteiger charge is -2.28. The van der Waals surface area contributed by atoms with Crippen molar-refractivity contribution in [3.63, 3.8) is 0 Å². The van der Waals surface area contributed by atoms with Gasteiger partial charge in [-0.05, 0) is 90.3 Å². The number of ether oxygens (including phenoxy) is 2. The summed E-state index contributed by atoms with van der Waals surface area (Å²) in [5, 5.41) is 14.2. The molecule has 5 N–H and O–H groups in total. The predicted molar refractivity (Wildman–Crippen MR) is 181 cm³/mol. The lowest BCUT2D eigenvalue weighted by Crippen LogP contribution is -2.56. The van der Waals surface area contributed by atoms with Gasteiger partial charge in [-0.1, -0.05) is 25.0 Å². The number of carbonyl (C=O) groups is 3. The first-order valence-corrected chi connectivity index (χ1v) is 17.7. The van der Waals surface area contributed by atoms with Crippen molar-refractivity contribution >= 4 is 40.6 Å². The van der Waals surface area contributed by atoms with Crippen LogP contribution in [0.4, 0.5) is 0 Å². The molecule has 2 aliphatic heterocycles. The number of phenols is 1. The zero-order chi connectivity index (χ0) is 33.5. The van der Waals surface area contributed by atoms with Crippen LogP contribution in [0.2, 0.25) is 0 Å². The summed E-state index contributed by atoms with van der Waals surface area (Å²) in [6.07, 6.45) is 10.4. The number of pyridine rings is 1. The maximum atomic E-state index is 14.1. The van der Waals surface area contributed by atoms with E-state index in [2.05, 4.69) is 34.1 Å². The van der Waals surface area contributed by atoms with Gasteiger partial charge in [0, 0.05) is 34.1 Å². The molecule has 1 unspecified atom stereocenters. The molecule has 11 nitrogen and oxygen atoms in total. The second kappa shape index (κ2) is 13.2. The van der Waals surface area contributed by atoms with Gasteiger partial charge in [-0.3, -0.25) is 19.1 Å². The summed E-state index contributed by atoms with van der Waals surface area (Å²) >= 11 is 1.43. The standard InChI is InChI=1S/C35H47N5O6S/c1-20(2)45-29-17-28(24-12-13-27(41)21(3)30(24)37-29)46-23-16-26-31(42)38-35(33(44)39-47-34(4)14-15-34)18-22(35)10-8-6-5-7-9-11-25(36)32(43)40(26)19-23/h8,10,12-13,17,20,22-23,25-26,41H,5-7,9,11,14-16,18-19,36H2,1-4H3,(H,38,42)(H,39,44)/b10-8-/t22?,23-,25+,26+,35-/m1/s1. The molecular weight excluding hydrogens is 618 g/mol. The van der Waals surface area contributed by atoms with Crippen LogP contribution in [0.5, 0.6) is 17.4 Å². The molecule has 47 heavy (non-hydrogen) atoms. The molecule has 0 bridgehead atoms. The number of phenolic OH excluding ortho intramolecular Hbond substituents is 1. The second-order valence-electron chi connectivity index (χ2n) is 14.1. The quantitative estimate of drug-likeness (QED) is 0.248. The second-order valence-corrected chi connectivity index (χ2v) is 15.5. The van der Waals surface area contributed by atoms with Crippen LogP contribution >= 0.6 is 11.9 Å². The first-order chi connectivity index (χ1) is 22.4. The fraction of sp³-hybridized carbons (Fsp3) is 0.600. The Labute approximate surface area is 280 Å². The van der Waals surface area contributed by atoms with Crippen molar-refractivity contribution in [2.75, 3.05) is 6.54 Å². The fourth-order valence-corrected chi connectivity index (χ4v) is 7.37. The Hall–Kier alpha value is -3.51. The number of carbonyl (C=O) groups excluding carboxylic acids is 3. The van der Waals surface area contributed by atoms with Gasteiger partial charge in [0.25, 0.3) is 5.91 Å². The average Bonchev–Trinajstić information content (AvgIpc) is 3.89. The molecular formula is C35H47N5O6S. The van der Waals surface area contributed by atoms with E-state index < -0.39 is 23.7 Å². The summed E-state index contributed by atoms with van der Waals surface area (Å²) in [5.41, 5.74) is 6.50. The summed E-state index contributed by atoms with van der Waals surface area (Å²) < 4.78 is 15.5. The lowest BCUT2D eigenvalue weighted by atomic mass is 10.1. The topological polar surface area (TPSA) is 156 Å². The number of hydrogen-bond donors (Lipinski definition) is 4. The van der Waals surface area contributed by atoms with Crippen LogP contribution in [0.25, 0.3) is 10.9 Å². The number of nitrogens with two attached hydrogens (primary N) is 1. The van der Waals surface area contributed by atoms with Gasteiger partial charge in [0.05, 0.1) is 24.2 Å². The van der Waals surface area contributed by atoms with E-state index in [-0.39, 0.29) is 53.2 Å². The molecule has 5 atom stereocenters. The van der Waals surface area contributed by atoms with E-state index in [0.717, 1.165) is 38.5 Å². The highest BCUT2D eigenvalue weighted by atomic mass is 32.2. The number of aromatic nitrogens is 1. The van der Waals surface area contributed by atoms with Crippen molar-refractivity contribution < 1.29 is 29.0 Å². The molecule has 6 rings (SSSR count). The number of nitrogens with one attached hydrogen (secondary N) is 2. The Bertz CT molecular complexity index is 1580. The Kier molecular flexibility index (Phi) is 9.37. The van der Waals surface area contributed by atoms with E-state index in [4.69, 9.17) is 15.2 Å². The maximum Gasteiger partial charge on any atom is 0.256 e.